The van der Waals surface area contributed by atoms with Crippen molar-refractivity contribution in [1.82, 2.24) is 4.90 Å². The summed E-state index contributed by atoms with van der Waals surface area (Å²) in [5, 5.41) is 14.5. The Morgan fingerprint density at radius 2 is 2.16 bits per heavy atom. The van der Waals surface area contributed by atoms with Crippen LogP contribution in [0.2, 0.25) is 0 Å². The third-order valence-electron chi connectivity index (χ3n) is 5.09. The molecule has 1 aromatic carbocycles. The third kappa shape index (κ3) is 4.90. The third-order valence-corrected chi connectivity index (χ3v) is 5.09. The summed E-state index contributed by atoms with van der Waals surface area (Å²) < 4.78 is 10.7. The Balaban J connectivity index is 1.55. The molecule has 25 heavy (non-hydrogen) atoms. The van der Waals surface area contributed by atoms with E-state index >= 15 is 0 Å². The highest BCUT2D eigenvalue weighted by Gasteiger charge is 2.24. The fourth-order valence-corrected chi connectivity index (χ4v) is 3.68. The van der Waals surface area contributed by atoms with Gasteiger partial charge in [0.15, 0.2) is 0 Å². The fraction of sp³-hybridized carbons (Fsp3) is 0.667. The maximum atomic E-state index is 11.0. The van der Waals surface area contributed by atoms with Crippen LogP contribution in [0.3, 0.4) is 0 Å². The number of nitro benzene ring substituents is 1. The summed E-state index contributed by atoms with van der Waals surface area (Å²) in [4.78, 5) is 13.1. The number of nitrogens with one attached hydrogen (secondary N) is 1. The summed E-state index contributed by atoms with van der Waals surface area (Å²) in [5.41, 5.74) is 1.88. The number of anilines is 1. The average molecular weight is 349 g/mol. The predicted octanol–water partition coefficient (Wildman–Crippen LogP) is 2.65. The number of hydrogen-bond donors (Lipinski definition) is 1. The van der Waals surface area contributed by atoms with Gasteiger partial charge in [-0.2, -0.15) is 0 Å². The molecule has 0 amide bonds. The van der Waals surface area contributed by atoms with E-state index in [4.69, 9.17) is 9.47 Å². The Kier molecular flexibility index (Phi) is 6.23. The van der Waals surface area contributed by atoms with Gasteiger partial charge in [0.1, 0.15) is 0 Å². The van der Waals surface area contributed by atoms with Crippen LogP contribution in [-0.4, -0.2) is 55.8 Å². The molecular weight excluding hydrogens is 322 g/mol. The summed E-state index contributed by atoms with van der Waals surface area (Å²) in [6.07, 6.45) is 3.34. The van der Waals surface area contributed by atoms with Gasteiger partial charge in [0.25, 0.3) is 5.69 Å². The summed E-state index contributed by atoms with van der Waals surface area (Å²) in [5.74, 6) is 0.687. The highest BCUT2D eigenvalue weighted by Crippen LogP contribution is 2.26. The predicted molar refractivity (Wildman–Crippen MR) is 95.8 cm³/mol. The van der Waals surface area contributed by atoms with Crippen molar-refractivity contribution in [3.05, 3.63) is 33.9 Å². The number of benzene rings is 1. The van der Waals surface area contributed by atoms with Crippen molar-refractivity contribution in [2.24, 2.45) is 5.92 Å². The van der Waals surface area contributed by atoms with Crippen LogP contribution in [0.15, 0.2) is 18.2 Å². The monoisotopic (exact) mass is 349 g/mol. The maximum Gasteiger partial charge on any atom is 0.269 e. The minimum atomic E-state index is -0.367. The van der Waals surface area contributed by atoms with Crippen molar-refractivity contribution >= 4 is 11.4 Å². The van der Waals surface area contributed by atoms with Gasteiger partial charge in [-0.3, -0.25) is 10.1 Å². The Bertz CT molecular complexity index is 582. The molecule has 0 bridgehead atoms. The Hall–Kier alpha value is -1.70. The molecule has 7 nitrogen and oxygen atoms in total. The van der Waals surface area contributed by atoms with E-state index in [1.54, 1.807) is 25.3 Å². The van der Waals surface area contributed by atoms with Crippen molar-refractivity contribution in [3.63, 3.8) is 0 Å². The van der Waals surface area contributed by atoms with Crippen molar-refractivity contribution in [3.8, 4) is 0 Å². The van der Waals surface area contributed by atoms with Crippen molar-refractivity contribution < 1.29 is 14.4 Å². The van der Waals surface area contributed by atoms with E-state index in [9.17, 15) is 10.1 Å². The number of likely N-dealkylation sites (tertiary alicyclic amines) is 1. The smallest absolute Gasteiger partial charge is 0.269 e. The van der Waals surface area contributed by atoms with Crippen LogP contribution in [0.1, 0.15) is 24.8 Å². The number of rotatable bonds is 7. The lowest BCUT2D eigenvalue weighted by Crippen LogP contribution is -2.41. The molecule has 1 N–H and O–H groups in total. The molecule has 0 spiro atoms. The quantitative estimate of drug-likeness (QED) is 0.602. The standard InChI is InChI=1S/C18H27N3O4/c1-24-13-15-10-17(21(22)23)2-3-18(15)19-16-4-7-20(8-5-16)11-14-6-9-25-12-14/h2-3,10,14,16,19H,4-9,11-13H2,1H3. The van der Waals surface area contributed by atoms with Gasteiger partial charge >= 0.3 is 0 Å². The molecule has 1 aromatic rings. The first-order chi connectivity index (χ1) is 12.2. The molecule has 2 saturated heterocycles. The van der Waals surface area contributed by atoms with Crippen LogP contribution < -0.4 is 5.32 Å². The summed E-state index contributed by atoms with van der Waals surface area (Å²) in [7, 11) is 1.60. The second-order valence-electron chi connectivity index (χ2n) is 6.98. The molecule has 2 fully saturated rings. The normalized spacial score (nSPS) is 22.2. The minimum absolute atomic E-state index is 0.103. The maximum absolute atomic E-state index is 11.0. The topological polar surface area (TPSA) is 76.9 Å². The summed E-state index contributed by atoms with van der Waals surface area (Å²) >= 11 is 0. The van der Waals surface area contributed by atoms with Gasteiger partial charge in [-0.05, 0) is 31.2 Å². The zero-order valence-corrected chi connectivity index (χ0v) is 14.8. The van der Waals surface area contributed by atoms with Crippen LogP contribution in [0.25, 0.3) is 0 Å². The first-order valence-corrected chi connectivity index (χ1v) is 8.98. The van der Waals surface area contributed by atoms with Crippen molar-refractivity contribution in [2.45, 2.75) is 31.9 Å². The molecule has 1 unspecified atom stereocenters. The van der Waals surface area contributed by atoms with Crippen LogP contribution in [-0.2, 0) is 16.1 Å². The molecule has 2 aliphatic rings. The Morgan fingerprint density at radius 1 is 1.36 bits per heavy atom. The molecule has 138 valence electrons. The second kappa shape index (κ2) is 8.60. The lowest BCUT2D eigenvalue weighted by Gasteiger charge is -2.34. The molecule has 2 aliphatic heterocycles. The Morgan fingerprint density at radius 3 is 2.80 bits per heavy atom. The molecule has 0 saturated carbocycles. The molecule has 3 rings (SSSR count). The van der Waals surface area contributed by atoms with Gasteiger partial charge in [0.05, 0.1) is 18.1 Å². The molecule has 0 aromatic heterocycles. The Labute approximate surface area is 148 Å². The lowest BCUT2D eigenvalue weighted by atomic mass is 10.0. The van der Waals surface area contributed by atoms with Gasteiger partial charge in [-0.15, -0.1) is 0 Å². The van der Waals surface area contributed by atoms with Crippen LogP contribution in [0, 0.1) is 16.0 Å². The van der Waals surface area contributed by atoms with Crippen LogP contribution in [0.5, 0.6) is 0 Å². The number of hydrogen-bond acceptors (Lipinski definition) is 6. The largest absolute Gasteiger partial charge is 0.382 e. The highest BCUT2D eigenvalue weighted by molar-refractivity contribution is 5.56. The van der Waals surface area contributed by atoms with Gasteiger partial charge in [-0.1, -0.05) is 0 Å². The van der Waals surface area contributed by atoms with E-state index in [-0.39, 0.29) is 10.6 Å². The van der Waals surface area contributed by atoms with Gasteiger partial charge in [-0.25, -0.2) is 0 Å². The first-order valence-electron chi connectivity index (χ1n) is 8.98. The number of non-ortho nitro benzene ring substituents is 1. The molecule has 0 aliphatic carbocycles. The average Bonchev–Trinajstić information content (AvgIpc) is 3.11. The van der Waals surface area contributed by atoms with E-state index in [0.717, 1.165) is 56.9 Å². The van der Waals surface area contributed by atoms with Crippen LogP contribution in [0.4, 0.5) is 11.4 Å². The van der Waals surface area contributed by atoms with Crippen molar-refractivity contribution in [2.75, 3.05) is 45.3 Å². The van der Waals surface area contributed by atoms with Crippen LogP contribution >= 0.6 is 0 Å². The zero-order chi connectivity index (χ0) is 17.6. The fourth-order valence-electron chi connectivity index (χ4n) is 3.68. The molecule has 2 heterocycles. The SMILES string of the molecule is COCc1cc([N+](=O)[O-])ccc1NC1CCN(CC2CCOC2)CC1. The van der Waals surface area contributed by atoms with E-state index in [0.29, 0.717) is 18.6 Å². The highest BCUT2D eigenvalue weighted by atomic mass is 16.6. The zero-order valence-electron chi connectivity index (χ0n) is 14.8. The number of nitro groups is 1. The van der Waals surface area contributed by atoms with Gasteiger partial charge < -0.3 is 19.7 Å². The molecule has 0 radical (unpaired) electrons. The molecule has 7 heteroatoms. The minimum Gasteiger partial charge on any atom is -0.382 e. The van der Waals surface area contributed by atoms with E-state index in [1.165, 1.54) is 6.42 Å². The van der Waals surface area contributed by atoms with E-state index in [1.807, 2.05) is 0 Å². The number of piperidine rings is 1. The van der Waals surface area contributed by atoms with E-state index in [2.05, 4.69) is 10.2 Å². The number of nitrogens with zero attached hydrogens (tertiary/aromatic N) is 2. The number of methoxy groups -OCH3 is 1. The lowest BCUT2D eigenvalue weighted by molar-refractivity contribution is -0.384. The summed E-state index contributed by atoms with van der Waals surface area (Å²) in [6, 6.07) is 5.35. The molecular formula is C18H27N3O4. The summed E-state index contributed by atoms with van der Waals surface area (Å²) in [6.45, 7) is 5.48. The van der Waals surface area contributed by atoms with Crippen molar-refractivity contribution in [1.29, 1.82) is 0 Å². The van der Waals surface area contributed by atoms with Gasteiger partial charge in [0.2, 0.25) is 0 Å². The van der Waals surface area contributed by atoms with E-state index < -0.39 is 0 Å². The van der Waals surface area contributed by atoms with Gasteiger partial charge in [0, 0.05) is 62.8 Å². The number of ether oxygens (including phenoxy) is 2. The first kappa shape index (κ1) is 18.1. The molecule has 1 atom stereocenters. The second-order valence-corrected chi connectivity index (χ2v) is 6.98.